The number of rotatable bonds is 15. The van der Waals surface area contributed by atoms with Crippen LogP contribution in [0.25, 0.3) is 0 Å². The molecule has 23 heavy (non-hydrogen) atoms. The summed E-state index contributed by atoms with van der Waals surface area (Å²) in [6.45, 7) is 19.1. The monoisotopic (exact) mass is 350 g/mol. The molecule has 0 amide bonds. The van der Waals surface area contributed by atoms with Crippen molar-refractivity contribution in [1.29, 1.82) is 0 Å². The van der Waals surface area contributed by atoms with Gasteiger partial charge < -0.3 is 23.4 Å². The molecule has 0 N–H and O–H groups in total. The van der Waals surface area contributed by atoms with Crippen molar-refractivity contribution < 1.29 is 23.4 Å². The predicted molar refractivity (Wildman–Crippen MR) is 96.7 cm³/mol. The highest BCUT2D eigenvalue weighted by atomic mass is 28.4. The smallest absolute Gasteiger partial charge is 0.192 e. The Morgan fingerprint density at radius 1 is 0.609 bits per heavy atom. The number of hydrogen-bond acceptors (Lipinski definition) is 5. The molecule has 0 spiro atoms. The summed E-state index contributed by atoms with van der Waals surface area (Å²) in [5.41, 5.74) is 0. The highest BCUT2D eigenvalue weighted by Crippen LogP contribution is 2.36. The summed E-state index contributed by atoms with van der Waals surface area (Å²) in [5, 5.41) is 0.248. The summed E-state index contributed by atoms with van der Waals surface area (Å²) in [4.78, 5) is 0. The summed E-state index contributed by atoms with van der Waals surface area (Å²) >= 11 is 0. The minimum atomic E-state index is -1.65. The Balaban J connectivity index is 3.25. The van der Waals surface area contributed by atoms with Gasteiger partial charge in [0.1, 0.15) is 0 Å². The van der Waals surface area contributed by atoms with Gasteiger partial charge in [-0.2, -0.15) is 0 Å². The van der Waals surface area contributed by atoms with E-state index in [9.17, 15) is 0 Å². The molecule has 0 aromatic heterocycles. The van der Waals surface area contributed by atoms with Gasteiger partial charge in [0.25, 0.3) is 0 Å². The molecule has 0 aliphatic carbocycles. The molecule has 0 rings (SSSR count). The largest absolute Gasteiger partial charge is 0.414 e. The lowest BCUT2D eigenvalue weighted by Crippen LogP contribution is -2.41. The fraction of sp³-hybridized carbons (Fsp3) is 1.00. The second-order valence-corrected chi connectivity index (χ2v) is 11.9. The van der Waals surface area contributed by atoms with E-state index >= 15 is 0 Å². The van der Waals surface area contributed by atoms with Crippen molar-refractivity contribution in [3.63, 3.8) is 0 Å². The topological polar surface area (TPSA) is 46.2 Å². The molecule has 0 saturated carbocycles. The Morgan fingerprint density at radius 2 is 0.957 bits per heavy atom. The zero-order chi connectivity index (χ0) is 17.6. The highest BCUT2D eigenvalue weighted by molar-refractivity contribution is 6.74. The molecular formula is C17H38O5Si. The lowest BCUT2D eigenvalue weighted by molar-refractivity contribution is -0.00494. The van der Waals surface area contributed by atoms with Crippen LogP contribution in [0.2, 0.25) is 18.1 Å². The quantitative estimate of drug-likeness (QED) is 0.334. The Kier molecular flexibility index (Phi) is 13.3. The van der Waals surface area contributed by atoms with Crippen LogP contribution in [0, 0.1) is 0 Å². The van der Waals surface area contributed by atoms with E-state index in [0.29, 0.717) is 52.9 Å². The van der Waals surface area contributed by atoms with Gasteiger partial charge in [-0.3, -0.25) is 0 Å². The Morgan fingerprint density at radius 3 is 1.30 bits per heavy atom. The molecule has 0 heterocycles. The fourth-order valence-electron chi connectivity index (χ4n) is 1.48. The third-order valence-corrected chi connectivity index (χ3v) is 8.50. The minimum absolute atomic E-state index is 0.248. The summed E-state index contributed by atoms with van der Waals surface area (Å²) < 4.78 is 27.7. The van der Waals surface area contributed by atoms with E-state index < -0.39 is 8.32 Å². The van der Waals surface area contributed by atoms with Crippen LogP contribution in [-0.2, 0) is 23.4 Å². The molecule has 0 fully saturated rings. The zero-order valence-electron chi connectivity index (χ0n) is 16.1. The third kappa shape index (κ3) is 13.0. The Labute approximate surface area is 144 Å². The predicted octanol–water partition coefficient (Wildman–Crippen LogP) is 3.48. The molecule has 0 bridgehead atoms. The van der Waals surface area contributed by atoms with Gasteiger partial charge in [0.05, 0.1) is 52.9 Å². The van der Waals surface area contributed by atoms with Crippen LogP contribution >= 0.6 is 0 Å². The maximum absolute atomic E-state index is 6.04. The molecule has 140 valence electrons. The Hall–Kier alpha value is 0.0169. The van der Waals surface area contributed by atoms with Crippen LogP contribution in [0.15, 0.2) is 0 Å². The van der Waals surface area contributed by atoms with Crippen molar-refractivity contribution in [2.75, 3.05) is 59.5 Å². The van der Waals surface area contributed by atoms with E-state index in [4.69, 9.17) is 23.4 Å². The van der Waals surface area contributed by atoms with Gasteiger partial charge in [-0.15, -0.1) is 0 Å². The van der Waals surface area contributed by atoms with Crippen molar-refractivity contribution in [1.82, 2.24) is 0 Å². The van der Waals surface area contributed by atoms with Crippen LogP contribution < -0.4 is 0 Å². The van der Waals surface area contributed by atoms with Crippen molar-refractivity contribution in [3.05, 3.63) is 0 Å². The van der Waals surface area contributed by atoms with Crippen molar-refractivity contribution in [2.45, 2.75) is 52.2 Å². The molecule has 0 atom stereocenters. The van der Waals surface area contributed by atoms with Gasteiger partial charge in [0.2, 0.25) is 0 Å². The first-order valence-electron chi connectivity index (χ1n) is 8.76. The molecule has 0 aromatic rings. The molecule has 0 aliphatic rings. The summed E-state index contributed by atoms with van der Waals surface area (Å²) in [7, 11) is -1.65. The fourth-order valence-corrected chi connectivity index (χ4v) is 2.51. The average molecular weight is 351 g/mol. The lowest BCUT2D eigenvalue weighted by Gasteiger charge is -2.36. The van der Waals surface area contributed by atoms with Crippen LogP contribution in [0.1, 0.15) is 34.1 Å². The first-order chi connectivity index (χ1) is 10.8. The van der Waals surface area contributed by atoms with Gasteiger partial charge in [0, 0.05) is 6.61 Å². The van der Waals surface area contributed by atoms with Crippen molar-refractivity contribution in [2.24, 2.45) is 0 Å². The van der Waals surface area contributed by atoms with Gasteiger partial charge in [0.15, 0.2) is 8.32 Å². The molecule has 0 aliphatic heterocycles. The molecule has 0 unspecified atom stereocenters. The van der Waals surface area contributed by atoms with E-state index in [1.807, 2.05) is 0 Å². The first-order valence-corrected chi connectivity index (χ1v) is 11.7. The average Bonchev–Trinajstić information content (AvgIpc) is 2.46. The highest BCUT2D eigenvalue weighted by Gasteiger charge is 2.36. The summed E-state index contributed by atoms with van der Waals surface area (Å²) in [6, 6.07) is 0. The van der Waals surface area contributed by atoms with Gasteiger partial charge in [-0.25, -0.2) is 0 Å². The van der Waals surface area contributed by atoms with Crippen molar-refractivity contribution >= 4 is 8.32 Å². The van der Waals surface area contributed by atoms with E-state index in [-0.39, 0.29) is 5.04 Å². The standard InChI is InChI=1S/C17H38O5Si/c1-7-8-18-9-10-19-11-12-20-13-14-21-15-16-22-23(5,6)17(2,3)4/h7-16H2,1-6H3. The number of ether oxygens (including phenoxy) is 4. The van der Waals surface area contributed by atoms with Gasteiger partial charge >= 0.3 is 0 Å². The van der Waals surface area contributed by atoms with Crippen LogP contribution in [0.4, 0.5) is 0 Å². The second-order valence-electron chi connectivity index (χ2n) is 7.06. The maximum Gasteiger partial charge on any atom is 0.192 e. The molecule has 5 nitrogen and oxygen atoms in total. The van der Waals surface area contributed by atoms with Gasteiger partial charge in [-0.05, 0) is 24.6 Å². The van der Waals surface area contributed by atoms with E-state index in [0.717, 1.165) is 13.0 Å². The second kappa shape index (κ2) is 13.3. The zero-order valence-corrected chi connectivity index (χ0v) is 17.1. The van der Waals surface area contributed by atoms with E-state index in [1.54, 1.807) is 0 Å². The van der Waals surface area contributed by atoms with Crippen LogP contribution in [0.5, 0.6) is 0 Å². The molecule has 0 saturated heterocycles. The van der Waals surface area contributed by atoms with E-state index in [1.165, 1.54) is 0 Å². The van der Waals surface area contributed by atoms with Gasteiger partial charge in [-0.1, -0.05) is 27.7 Å². The number of hydrogen-bond donors (Lipinski definition) is 0. The van der Waals surface area contributed by atoms with Crippen LogP contribution in [0.3, 0.4) is 0 Å². The first kappa shape index (κ1) is 23.0. The third-order valence-electron chi connectivity index (χ3n) is 3.96. The SMILES string of the molecule is CCCOCCOCCOCCOCCO[Si](C)(C)C(C)(C)C. The minimum Gasteiger partial charge on any atom is -0.414 e. The summed E-state index contributed by atoms with van der Waals surface area (Å²) in [5.74, 6) is 0. The van der Waals surface area contributed by atoms with Crippen molar-refractivity contribution in [3.8, 4) is 0 Å². The molecule has 0 radical (unpaired) electrons. The molecule has 6 heteroatoms. The van der Waals surface area contributed by atoms with Crippen LogP contribution in [-0.4, -0.2) is 67.8 Å². The maximum atomic E-state index is 6.04. The molecular weight excluding hydrogens is 312 g/mol. The normalized spacial score (nSPS) is 12.8. The summed E-state index contributed by atoms with van der Waals surface area (Å²) in [6.07, 6.45) is 1.05. The Bertz CT molecular complexity index is 266. The molecule has 0 aromatic carbocycles. The van der Waals surface area contributed by atoms with E-state index in [2.05, 4.69) is 40.8 Å². The lowest BCUT2D eigenvalue weighted by atomic mass is 10.2.